The van der Waals surface area contributed by atoms with Crippen LogP contribution in [0.15, 0.2) is 17.1 Å². The number of anilines is 1. The van der Waals surface area contributed by atoms with Gasteiger partial charge in [-0.2, -0.15) is 4.98 Å². The van der Waals surface area contributed by atoms with Crippen LogP contribution in [0.4, 0.5) is 5.82 Å². The number of aliphatic hydroxyl groups is 1. The van der Waals surface area contributed by atoms with E-state index in [-0.39, 0.29) is 5.82 Å². The highest BCUT2D eigenvalue weighted by Gasteiger charge is 2.54. The molecule has 2 heterocycles. The van der Waals surface area contributed by atoms with Crippen LogP contribution in [-0.4, -0.2) is 31.2 Å². The zero-order valence-corrected chi connectivity index (χ0v) is 10.4. The summed E-state index contributed by atoms with van der Waals surface area (Å²) in [6.45, 7) is 1.61. The lowest BCUT2D eigenvalue weighted by molar-refractivity contribution is -0.0106. The summed E-state index contributed by atoms with van der Waals surface area (Å²) in [6.07, 6.45) is -1.31. The third-order valence-corrected chi connectivity index (χ3v) is 3.44. The number of rotatable bonds is 1. The van der Waals surface area contributed by atoms with Gasteiger partial charge in [-0.05, 0) is 13.0 Å². The molecule has 1 aliphatic heterocycles. The van der Waals surface area contributed by atoms with E-state index in [1.54, 1.807) is 6.92 Å². The number of aliphatic hydroxyl groups excluding tert-OH is 1. The van der Waals surface area contributed by atoms with Crippen molar-refractivity contribution in [1.29, 1.82) is 0 Å². The van der Waals surface area contributed by atoms with Gasteiger partial charge in [0.05, 0.1) is 6.10 Å². The number of nitrogens with zero attached hydrogens (tertiary/aromatic N) is 2. The molecule has 3 atom stereocenters. The van der Waals surface area contributed by atoms with Gasteiger partial charge in [-0.15, -0.1) is 0 Å². The van der Waals surface area contributed by atoms with Crippen LogP contribution in [0.25, 0.3) is 0 Å². The first kappa shape index (κ1) is 12.6. The number of hydrogen-bond donors (Lipinski definition) is 2. The van der Waals surface area contributed by atoms with E-state index in [9.17, 15) is 9.90 Å². The molecule has 8 heteroatoms. The molecule has 0 unspecified atom stereocenters. The molecule has 1 fully saturated rings. The smallest absolute Gasteiger partial charge is 0.351 e. The molecule has 1 aromatic rings. The average molecular weight is 280 g/mol. The van der Waals surface area contributed by atoms with E-state index >= 15 is 0 Å². The van der Waals surface area contributed by atoms with Crippen molar-refractivity contribution >= 4 is 29.0 Å². The van der Waals surface area contributed by atoms with Gasteiger partial charge in [0.1, 0.15) is 11.9 Å². The Morgan fingerprint density at radius 3 is 2.76 bits per heavy atom. The van der Waals surface area contributed by atoms with Gasteiger partial charge in [0.15, 0.2) is 10.6 Å². The molecule has 2 rings (SSSR count). The maximum atomic E-state index is 11.6. The molecular formula is C9H11Cl2N3O3. The zero-order chi connectivity index (χ0) is 12.8. The van der Waals surface area contributed by atoms with Gasteiger partial charge >= 0.3 is 5.69 Å². The first-order valence-electron chi connectivity index (χ1n) is 4.90. The number of nitrogen functional groups attached to an aromatic ring is 1. The predicted molar refractivity (Wildman–Crippen MR) is 62.9 cm³/mol. The Kier molecular flexibility index (Phi) is 3.07. The topological polar surface area (TPSA) is 90.4 Å². The van der Waals surface area contributed by atoms with Crippen molar-refractivity contribution in [3.63, 3.8) is 0 Å². The van der Waals surface area contributed by atoms with E-state index in [4.69, 9.17) is 33.7 Å². The third-order valence-electron chi connectivity index (χ3n) is 2.62. The normalized spacial score (nSPS) is 31.6. The fourth-order valence-corrected chi connectivity index (χ4v) is 2.35. The van der Waals surface area contributed by atoms with Gasteiger partial charge in [0, 0.05) is 6.20 Å². The molecule has 0 amide bonds. The van der Waals surface area contributed by atoms with Crippen molar-refractivity contribution in [2.45, 2.75) is 29.7 Å². The Labute approximate surface area is 107 Å². The second-order valence-electron chi connectivity index (χ2n) is 3.86. The van der Waals surface area contributed by atoms with Gasteiger partial charge < -0.3 is 15.6 Å². The van der Waals surface area contributed by atoms with Crippen LogP contribution >= 0.6 is 23.2 Å². The molecule has 1 aliphatic rings. The highest BCUT2D eigenvalue weighted by molar-refractivity contribution is 6.49. The molecular weight excluding hydrogens is 269 g/mol. The monoisotopic (exact) mass is 279 g/mol. The summed E-state index contributed by atoms with van der Waals surface area (Å²) in [5, 5.41) is 9.75. The largest absolute Gasteiger partial charge is 0.387 e. The summed E-state index contributed by atoms with van der Waals surface area (Å²) in [4.78, 5) is 15.2. The molecule has 0 bridgehead atoms. The Balaban J connectivity index is 2.45. The van der Waals surface area contributed by atoms with E-state index in [0.29, 0.717) is 0 Å². The van der Waals surface area contributed by atoms with E-state index in [1.807, 2.05) is 0 Å². The molecule has 0 saturated carbocycles. The second kappa shape index (κ2) is 4.13. The summed E-state index contributed by atoms with van der Waals surface area (Å²) < 4.78 is 4.85. The second-order valence-corrected chi connectivity index (χ2v) is 5.30. The van der Waals surface area contributed by atoms with Crippen LogP contribution in [0.2, 0.25) is 0 Å². The van der Waals surface area contributed by atoms with E-state index in [1.165, 1.54) is 12.3 Å². The van der Waals surface area contributed by atoms with Crippen molar-refractivity contribution in [2.75, 3.05) is 5.73 Å². The maximum absolute atomic E-state index is 11.6. The summed E-state index contributed by atoms with van der Waals surface area (Å²) in [5.41, 5.74) is 4.73. The quantitative estimate of drug-likeness (QED) is 0.721. The van der Waals surface area contributed by atoms with E-state index in [2.05, 4.69) is 4.98 Å². The van der Waals surface area contributed by atoms with Crippen molar-refractivity contribution in [1.82, 2.24) is 9.55 Å². The van der Waals surface area contributed by atoms with E-state index in [0.717, 1.165) is 4.57 Å². The van der Waals surface area contributed by atoms with Gasteiger partial charge in [-0.25, -0.2) is 4.79 Å². The Hall–Kier alpha value is -0.820. The number of ether oxygens (including phenoxy) is 1. The van der Waals surface area contributed by atoms with Crippen LogP contribution in [0.5, 0.6) is 0 Å². The average Bonchev–Trinajstić information content (AvgIpc) is 2.43. The summed E-state index contributed by atoms with van der Waals surface area (Å²) in [7, 11) is 0. The SMILES string of the molecule is C[C@H]1O[C@@H](n2ccc(N)nc2=O)C(Cl)(Cl)[C@@H]1O. The minimum Gasteiger partial charge on any atom is -0.387 e. The number of nitrogens with two attached hydrogens (primary N) is 1. The predicted octanol–water partition coefficient (Wildman–Crippen LogP) is 0.278. The molecule has 3 N–H and O–H groups in total. The standard InChI is InChI=1S/C9H11Cl2N3O3/c1-4-6(15)9(10,11)7(17-4)14-3-2-5(12)13-8(14)16/h2-4,6-7,15H,1H3,(H2,12,13,16)/t4-,6-,7-/m1/s1. The Morgan fingerprint density at radius 1 is 1.65 bits per heavy atom. The molecule has 0 aromatic carbocycles. The lowest BCUT2D eigenvalue weighted by atomic mass is 10.2. The van der Waals surface area contributed by atoms with Crippen molar-refractivity contribution < 1.29 is 9.84 Å². The molecule has 6 nitrogen and oxygen atoms in total. The number of halogens is 2. The first-order chi connectivity index (χ1) is 7.84. The summed E-state index contributed by atoms with van der Waals surface area (Å²) in [6, 6.07) is 1.42. The minimum atomic E-state index is -1.61. The number of aromatic nitrogens is 2. The van der Waals surface area contributed by atoms with Crippen LogP contribution in [0.1, 0.15) is 13.2 Å². The molecule has 17 heavy (non-hydrogen) atoms. The summed E-state index contributed by atoms with van der Waals surface area (Å²) in [5.74, 6) is 0.0904. The highest BCUT2D eigenvalue weighted by atomic mass is 35.5. The fourth-order valence-electron chi connectivity index (χ4n) is 1.68. The molecule has 0 radical (unpaired) electrons. The molecule has 0 spiro atoms. The van der Waals surface area contributed by atoms with Gasteiger partial charge in [0.2, 0.25) is 0 Å². The van der Waals surface area contributed by atoms with Crippen molar-refractivity contribution in [2.24, 2.45) is 0 Å². The van der Waals surface area contributed by atoms with Crippen molar-refractivity contribution in [3.8, 4) is 0 Å². The van der Waals surface area contributed by atoms with Crippen LogP contribution < -0.4 is 11.4 Å². The molecule has 1 aromatic heterocycles. The summed E-state index contributed by atoms with van der Waals surface area (Å²) >= 11 is 12.0. The fraction of sp³-hybridized carbons (Fsp3) is 0.556. The van der Waals surface area contributed by atoms with Gasteiger partial charge in [-0.1, -0.05) is 23.2 Å². The lowest BCUT2D eigenvalue weighted by Gasteiger charge is -2.23. The van der Waals surface area contributed by atoms with Crippen LogP contribution in [0.3, 0.4) is 0 Å². The zero-order valence-electron chi connectivity index (χ0n) is 8.88. The Bertz CT molecular complexity index is 491. The van der Waals surface area contributed by atoms with Gasteiger partial charge in [-0.3, -0.25) is 4.57 Å². The minimum absolute atomic E-state index is 0.0904. The Morgan fingerprint density at radius 2 is 2.29 bits per heavy atom. The molecule has 1 saturated heterocycles. The van der Waals surface area contributed by atoms with Gasteiger partial charge in [0.25, 0.3) is 0 Å². The number of alkyl halides is 2. The third kappa shape index (κ3) is 2.01. The van der Waals surface area contributed by atoms with E-state index < -0.39 is 28.5 Å². The highest BCUT2D eigenvalue weighted by Crippen LogP contribution is 2.45. The van der Waals surface area contributed by atoms with Crippen LogP contribution in [0, 0.1) is 0 Å². The number of hydrogen-bond acceptors (Lipinski definition) is 5. The van der Waals surface area contributed by atoms with Crippen LogP contribution in [-0.2, 0) is 4.74 Å². The first-order valence-corrected chi connectivity index (χ1v) is 5.65. The van der Waals surface area contributed by atoms with Crippen molar-refractivity contribution in [3.05, 3.63) is 22.7 Å². The lowest BCUT2D eigenvalue weighted by Crippen LogP contribution is -2.39. The maximum Gasteiger partial charge on any atom is 0.351 e. The molecule has 0 aliphatic carbocycles. The molecule has 94 valence electrons.